The summed E-state index contributed by atoms with van der Waals surface area (Å²) < 4.78 is 16.7. The first-order valence-corrected chi connectivity index (χ1v) is 9.02. The third-order valence-electron chi connectivity index (χ3n) is 5.00. The molecule has 6 nitrogen and oxygen atoms in total. The Morgan fingerprint density at radius 3 is 2.77 bits per heavy atom. The van der Waals surface area contributed by atoms with Crippen molar-refractivity contribution in [2.75, 3.05) is 33.0 Å². The van der Waals surface area contributed by atoms with Crippen molar-refractivity contribution in [1.82, 2.24) is 5.32 Å². The number of nitrogens with one attached hydrogen (secondary N) is 1. The maximum Gasteiger partial charge on any atom is 0.240 e. The van der Waals surface area contributed by atoms with Gasteiger partial charge in [0.15, 0.2) is 0 Å². The first-order valence-electron chi connectivity index (χ1n) is 9.02. The van der Waals surface area contributed by atoms with E-state index in [1.54, 1.807) is 0 Å². The van der Waals surface area contributed by atoms with Gasteiger partial charge in [-0.3, -0.25) is 4.79 Å². The molecular formula is C19H29ClN2O4. The Hall–Kier alpha value is -1.34. The summed E-state index contributed by atoms with van der Waals surface area (Å²) in [6.45, 7) is 5.73. The predicted octanol–water partition coefficient (Wildman–Crippen LogP) is 1.96. The van der Waals surface area contributed by atoms with E-state index in [0.717, 1.165) is 36.5 Å². The van der Waals surface area contributed by atoms with Crippen LogP contribution in [0.25, 0.3) is 0 Å². The Morgan fingerprint density at radius 1 is 1.31 bits per heavy atom. The van der Waals surface area contributed by atoms with Gasteiger partial charge < -0.3 is 25.3 Å². The average Bonchev–Trinajstić information content (AvgIpc) is 3.13. The first kappa shape index (κ1) is 21.0. The highest BCUT2D eigenvalue weighted by atomic mass is 35.5. The number of ether oxygens (including phenoxy) is 3. The molecule has 2 fully saturated rings. The zero-order valence-corrected chi connectivity index (χ0v) is 16.1. The highest BCUT2D eigenvalue weighted by molar-refractivity contribution is 5.86. The fraction of sp³-hybridized carbons (Fsp3) is 0.632. The van der Waals surface area contributed by atoms with Crippen molar-refractivity contribution in [3.8, 4) is 5.75 Å². The summed E-state index contributed by atoms with van der Waals surface area (Å²) in [5.41, 5.74) is 7.50. The van der Waals surface area contributed by atoms with Gasteiger partial charge in [-0.25, -0.2) is 0 Å². The van der Waals surface area contributed by atoms with Crippen LogP contribution in [0, 0.1) is 12.8 Å². The molecule has 3 rings (SSSR count). The van der Waals surface area contributed by atoms with Crippen molar-refractivity contribution in [2.45, 2.75) is 38.3 Å². The quantitative estimate of drug-likeness (QED) is 0.783. The Bertz CT molecular complexity index is 599. The molecule has 0 aromatic heterocycles. The maximum atomic E-state index is 12.5. The summed E-state index contributed by atoms with van der Waals surface area (Å²) in [6.07, 6.45) is 2.14. The van der Waals surface area contributed by atoms with Gasteiger partial charge in [-0.2, -0.15) is 0 Å². The van der Waals surface area contributed by atoms with Gasteiger partial charge in [0.05, 0.1) is 18.8 Å². The summed E-state index contributed by atoms with van der Waals surface area (Å²) in [6, 6.07) is 6.05. The standard InChI is InChI=1S/C19H28N2O4.ClH/c1-14-2-3-16(17(10-14)25-13-15-4-7-24-12-15)11-21-18(22)19(20)5-8-23-9-6-19;/h2-3,10,15H,4-9,11-13,20H2,1H3,(H,21,22);1H. The van der Waals surface area contributed by atoms with E-state index in [4.69, 9.17) is 19.9 Å². The molecule has 2 aliphatic rings. The van der Waals surface area contributed by atoms with Crippen LogP contribution < -0.4 is 15.8 Å². The van der Waals surface area contributed by atoms with E-state index in [0.29, 0.717) is 45.1 Å². The molecule has 0 bridgehead atoms. The van der Waals surface area contributed by atoms with Gasteiger partial charge >= 0.3 is 0 Å². The van der Waals surface area contributed by atoms with Gasteiger partial charge in [-0.05, 0) is 37.8 Å². The van der Waals surface area contributed by atoms with Crippen molar-refractivity contribution in [2.24, 2.45) is 11.7 Å². The second kappa shape index (κ2) is 9.55. The SMILES string of the molecule is Cc1ccc(CNC(=O)C2(N)CCOCC2)c(OCC2CCOC2)c1.Cl. The van der Waals surface area contributed by atoms with Crippen LogP contribution in [0.1, 0.15) is 30.4 Å². The van der Waals surface area contributed by atoms with Gasteiger partial charge in [0, 0.05) is 37.8 Å². The van der Waals surface area contributed by atoms with Crippen LogP contribution >= 0.6 is 12.4 Å². The molecule has 1 unspecified atom stereocenters. The van der Waals surface area contributed by atoms with Gasteiger partial charge in [-0.1, -0.05) is 12.1 Å². The monoisotopic (exact) mass is 384 g/mol. The van der Waals surface area contributed by atoms with Gasteiger partial charge in [-0.15, -0.1) is 12.4 Å². The molecule has 2 heterocycles. The smallest absolute Gasteiger partial charge is 0.240 e. The molecule has 146 valence electrons. The summed E-state index contributed by atoms with van der Waals surface area (Å²) in [7, 11) is 0. The molecular weight excluding hydrogens is 356 g/mol. The maximum absolute atomic E-state index is 12.5. The molecule has 2 saturated heterocycles. The number of carbonyl (C=O) groups excluding carboxylic acids is 1. The number of hydrogen-bond acceptors (Lipinski definition) is 5. The van der Waals surface area contributed by atoms with Crippen LogP contribution in [0.5, 0.6) is 5.75 Å². The molecule has 3 N–H and O–H groups in total. The van der Waals surface area contributed by atoms with Crippen LogP contribution in [0.4, 0.5) is 0 Å². The van der Waals surface area contributed by atoms with E-state index in [2.05, 4.69) is 5.32 Å². The predicted molar refractivity (Wildman–Crippen MR) is 102 cm³/mol. The summed E-state index contributed by atoms with van der Waals surface area (Å²) in [5.74, 6) is 1.15. The van der Waals surface area contributed by atoms with Gasteiger partial charge in [0.1, 0.15) is 5.75 Å². The van der Waals surface area contributed by atoms with Crippen LogP contribution in [0.3, 0.4) is 0 Å². The Balaban J connectivity index is 0.00000243. The molecule has 1 atom stereocenters. The van der Waals surface area contributed by atoms with Crippen LogP contribution in [-0.4, -0.2) is 44.5 Å². The fourth-order valence-corrected chi connectivity index (χ4v) is 3.18. The first-order chi connectivity index (χ1) is 12.1. The van der Waals surface area contributed by atoms with Crippen molar-refractivity contribution in [3.63, 3.8) is 0 Å². The van der Waals surface area contributed by atoms with Crippen molar-refractivity contribution in [3.05, 3.63) is 29.3 Å². The van der Waals surface area contributed by atoms with E-state index in [-0.39, 0.29) is 18.3 Å². The van der Waals surface area contributed by atoms with Crippen LogP contribution in [0.15, 0.2) is 18.2 Å². The average molecular weight is 385 g/mol. The molecule has 0 spiro atoms. The second-order valence-electron chi connectivity index (χ2n) is 7.10. The molecule has 2 aliphatic heterocycles. The van der Waals surface area contributed by atoms with Crippen molar-refractivity contribution < 1.29 is 19.0 Å². The summed E-state index contributed by atoms with van der Waals surface area (Å²) in [4.78, 5) is 12.5. The lowest BCUT2D eigenvalue weighted by Crippen LogP contribution is -2.56. The van der Waals surface area contributed by atoms with Crippen LogP contribution in [0.2, 0.25) is 0 Å². The van der Waals surface area contributed by atoms with E-state index in [1.807, 2.05) is 25.1 Å². The number of nitrogens with two attached hydrogens (primary N) is 1. The number of benzene rings is 1. The fourth-order valence-electron chi connectivity index (χ4n) is 3.18. The van der Waals surface area contributed by atoms with Crippen molar-refractivity contribution in [1.29, 1.82) is 0 Å². The third-order valence-corrected chi connectivity index (χ3v) is 5.00. The topological polar surface area (TPSA) is 82.8 Å². The van der Waals surface area contributed by atoms with E-state index in [9.17, 15) is 4.79 Å². The lowest BCUT2D eigenvalue weighted by atomic mass is 9.90. The minimum atomic E-state index is -0.828. The molecule has 1 aromatic rings. The normalized spacial score (nSPS) is 21.7. The number of halogens is 1. The summed E-state index contributed by atoms with van der Waals surface area (Å²) in [5, 5.41) is 2.97. The lowest BCUT2D eigenvalue weighted by molar-refractivity contribution is -0.129. The highest BCUT2D eigenvalue weighted by Gasteiger charge is 2.35. The third kappa shape index (κ3) is 5.33. The Labute approximate surface area is 161 Å². The number of hydrogen-bond donors (Lipinski definition) is 2. The minimum Gasteiger partial charge on any atom is -0.493 e. The number of carbonyl (C=O) groups is 1. The molecule has 1 aromatic carbocycles. The molecule has 1 amide bonds. The minimum absolute atomic E-state index is 0. The van der Waals surface area contributed by atoms with E-state index < -0.39 is 5.54 Å². The molecule has 7 heteroatoms. The number of aryl methyl sites for hydroxylation is 1. The zero-order chi connectivity index (χ0) is 17.7. The summed E-state index contributed by atoms with van der Waals surface area (Å²) >= 11 is 0. The molecule has 0 radical (unpaired) electrons. The number of amides is 1. The largest absolute Gasteiger partial charge is 0.493 e. The molecule has 0 saturated carbocycles. The van der Waals surface area contributed by atoms with Gasteiger partial charge in [0.2, 0.25) is 5.91 Å². The Kier molecular flexibility index (Phi) is 7.70. The highest BCUT2D eigenvalue weighted by Crippen LogP contribution is 2.23. The van der Waals surface area contributed by atoms with E-state index in [1.165, 1.54) is 0 Å². The lowest BCUT2D eigenvalue weighted by Gasteiger charge is -2.31. The molecule has 26 heavy (non-hydrogen) atoms. The zero-order valence-electron chi connectivity index (χ0n) is 15.3. The van der Waals surface area contributed by atoms with E-state index >= 15 is 0 Å². The Morgan fingerprint density at radius 2 is 2.08 bits per heavy atom. The number of rotatable bonds is 6. The molecule has 0 aliphatic carbocycles. The van der Waals surface area contributed by atoms with Crippen LogP contribution in [-0.2, 0) is 20.8 Å². The second-order valence-corrected chi connectivity index (χ2v) is 7.10. The van der Waals surface area contributed by atoms with Gasteiger partial charge in [0.25, 0.3) is 0 Å². The van der Waals surface area contributed by atoms with Crippen molar-refractivity contribution >= 4 is 18.3 Å².